The van der Waals surface area contributed by atoms with Crippen LogP contribution in [0.1, 0.15) is 25.8 Å². The minimum atomic E-state index is -0.710. The molecule has 0 aromatic heterocycles. The van der Waals surface area contributed by atoms with Crippen molar-refractivity contribution in [2.24, 2.45) is 0 Å². The van der Waals surface area contributed by atoms with Crippen molar-refractivity contribution in [1.82, 2.24) is 0 Å². The summed E-state index contributed by atoms with van der Waals surface area (Å²) in [5.41, 5.74) is 0.980. The van der Waals surface area contributed by atoms with Crippen LogP contribution >= 0.6 is 11.6 Å². The molecule has 0 fully saturated rings. The van der Waals surface area contributed by atoms with Gasteiger partial charge in [0.2, 0.25) is 0 Å². The molecule has 0 bridgehead atoms. The van der Waals surface area contributed by atoms with Crippen molar-refractivity contribution in [3.63, 3.8) is 0 Å². The Morgan fingerprint density at radius 3 is 2.93 bits per heavy atom. The van der Waals surface area contributed by atoms with Crippen molar-refractivity contribution in [2.45, 2.75) is 32.0 Å². The molecule has 2 rings (SSSR count). The van der Waals surface area contributed by atoms with E-state index in [2.05, 4.69) is 13.8 Å². The van der Waals surface area contributed by atoms with Gasteiger partial charge in [0, 0.05) is 17.0 Å². The predicted molar refractivity (Wildman–Crippen MR) is 55.7 cm³/mol. The highest BCUT2D eigenvalue weighted by atomic mass is 35.5. The molecule has 0 spiro atoms. The molecule has 0 saturated heterocycles. The summed E-state index contributed by atoms with van der Waals surface area (Å²) in [5.74, 6) is 0.734. The Labute approximate surface area is 88.5 Å². The van der Waals surface area contributed by atoms with Gasteiger partial charge >= 0.3 is 0 Å². The lowest BCUT2D eigenvalue weighted by Crippen LogP contribution is -2.33. The SMILES string of the molecule is CC1(C)CC(O)Oc2ccc(Cl)cc21. The Bertz CT molecular complexity index is 360. The maximum absolute atomic E-state index is 9.51. The Morgan fingerprint density at radius 2 is 2.21 bits per heavy atom. The van der Waals surface area contributed by atoms with Gasteiger partial charge in [0.25, 0.3) is 0 Å². The first kappa shape index (κ1) is 9.81. The first-order valence-corrected chi connectivity index (χ1v) is 5.01. The summed E-state index contributed by atoms with van der Waals surface area (Å²) >= 11 is 5.92. The fourth-order valence-corrected chi connectivity index (χ4v) is 2.04. The molecule has 1 aromatic carbocycles. The van der Waals surface area contributed by atoms with Crippen LogP contribution < -0.4 is 4.74 Å². The second-order valence-corrected chi connectivity index (χ2v) is 4.74. The average Bonchev–Trinajstić information content (AvgIpc) is 2.05. The van der Waals surface area contributed by atoms with Crippen LogP contribution in [0.25, 0.3) is 0 Å². The van der Waals surface area contributed by atoms with Crippen LogP contribution in [0.5, 0.6) is 5.75 Å². The van der Waals surface area contributed by atoms with E-state index in [0.717, 1.165) is 11.3 Å². The van der Waals surface area contributed by atoms with Gasteiger partial charge in [-0.3, -0.25) is 0 Å². The van der Waals surface area contributed by atoms with Crippen molar-refractivity contribution in [3.05, 3.63) is 28.8 Å². The van der Waals surface area contributed by atoms with E-state index in [1.165, 1.54) is 0 Å². The molecule has 1 heterocycles. The first-order chi connectivity index (χ1) is 6.49. The van der Waals surface area contributed by atoms with Crippen molar-refractivity contribution in [2.75, 3.05) is 0 Å². The predicted octanol–water partition coefficient (Wildman–Crippen LogP) is 2.72. The second kappa shape index (κ2) is 3.14. The third-order valence-electron chi connectivity index (χ3n) is 2.62. The third-order valence-corrected chi connectivity index (χ3v) is 2.85. The molecule has 1 aromatic rings. The van der Waals surface area contributed by atoms with Crippen LogP contribution in [-0.4, -0.2) is 11.4 Å². The fourth-order valence-electron chi connectivity index (χ4n) is 1.87. The number of hydrogen-bond acceptors (Lipinski definition) is 2. The van der Waals surface area contributed by atoms with Gasteiger partial charge in [0.05, 0.1) is 0 Å². The minimum absolute atomic E-state index is 0.0854. The van der Waals surface area contributed by atoms with E-state index < -0.39 is 6.29 Å². The zero-order chi connectivity index (χ0) is 10.3. The normalized spacial score (nSPS) is 23.9. The smallest absolute Gasteiger partial charge is 0.198 e. The molecule has 0 saturated carbocycles. The summed E-state index contributed by atoms with van der Waals surface area (Å²) in [4.78, 5) is 0. The van der Waals surface area contributed by atoms with Crippen LogP contribution in [0.4, 0.5) is 0 Å². The van der Waals surface area contributed by atoms with Gasteiger partial charge in [-0.2, -0.15) is 0 Å². The molecule has 14 heavy (non-hydrogen) atoms. The quantitative estimate of drug-likeness (QED) is 0.717. The average molecular weight is 213 g/mol. The minimum Gasteiger partial charge on any atom is -0.465 e. The monoisotopic (exact) mass is 212 g/mol. The van der Waals surface area contributed by atoms with Crippen LogP contribution in [0.3, 0.4) is 0 Å². The third kappa shape index (κ3) is 1.60. The molecule has 76 valence electrons. The number of benzene rings is 1. The largest absolute Gasteiger partial charge is 0.465 e. The fraction of sp³-hybridized carbons (Fsp3) is 0.455. The second-order valence-electron chi connectivity index (χ2n) is 4.30. The van der Waals surface area contributed by atoms with Gasteiger partial charge in [-0.25, -0.2) is 0 Å². The zero-order valence-electron chi connectivity index (χ0n) is 8.25. The number of halogens is 1. The summed E-state index contributed by atoms with van der Waals surface area (Å²) < 4.78 is 5.32. The molecule has 1 unspecified atom stereocenters. The van der Waals surface area contributed by atoms with Gasteiger partial charge in [-0.1, -0.05) is 25.4 Å². The summed E-state index contributed by atoms with van der Waals surface area (Å²) in [6.07, 6.45) is -0.112. The number of rotatable bonds is 0. The van der Waals surface area contributed by atoms with E-state index in [-0.39, 0.29) is 5.41 Å². The number of aliphatic hydroxyl groups excluding tert-OH is 1. The van der Waals surface area contributed by atoms with Gasteiger partial charge in [0.1, 0.15) is 5.75 Å². The molecule has 2 nitrogen and oxygen atoms in total. The van der Waals surface area contributed by atoms with Crippen LogP contribution in [0.15, 0.2) is 18.2 Å². The summed E-state index contributed by atoms with van der Waals surface area (Å²) in [5, 5.41) is 10.2. The van der Waals surface area contributed by atoms with E-state index in [1.807, 2.05) is 12.1 Å². The molecular weight excluding hydrogens is 200 g/mol. The summed E-state index contributed by atoms with van der Waals surface area (Å²) in [7, 11) is 0. The van der Waals surface area contributed by atoms with Crippen molar-refractivity contribution < 1.29 is 9.84 Å². The molecular formula is C11H13ClO2. The highest BCUT2D eigenvalue weighted by Gasteiger charge is 2.33. The Balaban J connectivity index is 2.53. The molecule has 0 amide bonds. The van der Waals surface area contributed by atoms with E-state index >= 15 is 0 Å². The van der Waals surface area contributed by atoms with Gasteiger partial charge in [-0.15, -0.1) is 0 Å². The topological polar surface area (TPSA) is 29.5 Å². The molecule has 1 aliphatic rings. The van der Waals surface area contributed by atoms with Crippen LogP contribution in [0, 0.1) is 0 Å². The number of ether oxygens (including phenoxy) is 1. The number of hydrogen-bond donors (Lipinski definition) is 1. The van der Waals surface area contributed by atoms with E-state index in [1.54, 1.807) is 6.07 Å². The number of aliphatic hydroxyl groups is 1. The van der Waals surface area contributed by atoms with E-state index in [4.69, 9.17) is 16.3 Å². The van der Waals surface area contributed by atoms with Crippen molar-refractivity contribution in [3.8, 4) is 5.75 Å². The Kier molecular flexibility index (Phi) is 2.20. The lowest BCUT2D eigenvalue weighted by Gasteiger charge is -2.35. The maximum Gasteiger partial charge on any atom is 0.198 e. The molecule has 1 aliphatic heterocycles. The summed E-state index contributed by atoms with van der Waals surface area (Å²) in [6.45, 7) is 4.15. The lowest BCUT2D eigenvalue weighted by atomic mass is 9.79. The van der Waals surface area contributed by atoms with E-state index in [9.17, 15) is 5.11 Å². The van der Waals surface area contributed by atoms with E-state index in [0.29, 0.717) is 11.4 Å². The first-order valence-electron chi connectivity index (χ1n) is 4.64. The van der Waals surface area contributed by atoms with Crippen molar-refractivity contribution >= 4 is 11.6 Å². The highest BCUT2D eigenvalue weighted by Crippen LogP contribution is 2.41. The lowest BCUT2D eigenvalue weighted by molar-refractivity contribution is -0.0497. The standard InChI is InChI=1S/C11H13ClO2/c1-11(2)6-10(13)14-9-4-3-7(12)5-8(9)11/h3-5,10,13H,6H2,1-2H3. The van der Waals surface area contributed by atoms with Crippen molar-refractivity contribution in [1.29, 1.82) is 0 Å². The van der Waals surface area contributed by atoms with Crippen LogP contribution in [-0.2, 0) is 5.41 Å². The molecule has 1 N–H and O–H groups in total. The Morgan fingerprint density at radius 1 is 1.50 bits per heavy atom. The van der Waals surface area contributed by atoms with Gasteiger partial charge in [-0.05, 0) is 23.6 Å². The molecule has 1 atom stereocenters. The van der Waals surface area contributed by atoms with Crippen LogP contribution in [0.2, 0.25) is 5.02 Å². The molecule has 0 aliphatic carbocycles. The molecule has 0 radical (unpaired) electrons. The number of fused-ring (bicyclic) bond motifs is 1. The maximum atomic E-state index is 9.51. The summed E-state index contributed by atoms with van der Waals surface area (Å²) in [6, 6.07) is 5.49. The van der Waals surface area contributed by atoms with Gasteiger partial charge < -0.3 is 9.84 Å². The zero-order valence-corrected chi connectivity index (χ0v) is 9.01. The molecule has 3 heteroatoms. The Hall–Kier alpha value is -0.730. The van der Waals surface area contributed by atoms with Gasteiger partial charge in [0.15, 0.2) is 6.29 Å². The highest BCUT2D eigenvalue weighted by molar-refractivity contribution is 6.30.